The average molecular weight is 433 g/mol. The Bertz CT molecular complexity index is 1080. The summed E-state index contributed by atoms with van der Waals surface area (Å²) in [5.41, 5.74) is 1.98. The molecule has 4 rings (SSSR count). The Labute approximate surface area is 176 Å². The number of aryl methyl sites for hydroxylation is 3. The minimum atomic E-state index is -2.77. The number of hydrogen-bond donors (Lipinski definition) is 1. The molecule has 1 saturated heterocycles. The zero-order valence-corrected chi connectivity index (χ0v) is 17.6. The number of hydrogen-bond acceptors (Lipinski definition) is 7. The molecular formula is C19H21F2N7OS. The molecule has 0 aromatic carbocycles. The summed E-state index contributed by atoms with van der Waals surface area (Å²) in [5.74, 6) is 0.127. The van der Waals surface area contributed by atoms with Gasteiger partial charge in [-0.25, -0.2) is 19.6 Å². The second-order valence-corrected chi connectivity index (χ2v) is 8.39. The van der Waals surface area contributed by atoms with Gasteiger partial charge < -0.3 is 10.2 Å². The van der Waals surface area contributed by atoms with Gasteiger partial charge in [-0.15, -0.1) is 11.3 Å². The molecule has 0 radical (unpaired) electrons. The Morgan fingerprint density at radius 2 is 2.10 bits per heavy atom. The van der Waals surface area contributed by atoms with Crippen LogP contribution < -0.4 is 10.2 Å². The Morgan fingerprint density at radius 1 is 1.30 bits per heavy atom. The number of thiazole rings is 1. The molecule has 0 bridgehead atoms. The Hall–Kier alpha value is -2.95. The van der Waals surface area contributed by atoms with E-state index in [-0.39, 0.29) is 17.4 Å². The van der Waals surface area contributed by atoms with E-state index in [9.17, 15) is 13.6 Å². The minimum absolute atomic E-state index is 0.0134. The summed E-state index contributed by atoms with van der Waals surface area (Å²) in [6.07, 6.45) is 2.42. The van der Waals surface area contributed by atoms with Crippen molar-refractivity contribution in [1.29, 1.82) is 0 Å². The van der Waals surface area contributed by atoms with Gasteiger partial charge >= 0.3 is 6.55 Å². The second-order valence-electron chi connectivity index (χ2n) is 7.19. The standard InChI is InChI=1S/C19H21F2N7OS/c1-10-8-15(26-28(10)18(20)21)17(29)24-13-5-7-27(9-13)19-22-6-4-14(25-19)16-11(2)23-12(3)30-16/h4,6,8,13,18H,5,7,9H2,1-3H3,(H,24,29). The average Bonchev–Trinajstić information content (AvgIpc) is 3.40. The largest absolute Gasteiger partial charge is 0.346 e. The van der Waals surface area contributed by atoms with Crippen molar-refractivity contribution in [1.82, 2.24) is 30.0 Å². The smallest absolute Gasteiger partial charge is 0.333 e. The predicted molar refractivity (Wildman–Crippen MR) is 109 cm³/mol. The van der Waals surface area contributed by atoms with Gasteiger partial charge in [-0.1, -0.05) is 0 Å². The quantitative estimate of drug-likeness (QED) is 0.665. The molecule has 158 valence electrons. The summed E-state index contributed by atoms with van der Waals surface area (Å²) in [5, 5.41) is 7.55. The number of halogens is 2. The van der Waals surface area contributed by atoms with E-state index in [0.717, 1.165) is 21.3 Å². The molecular weight excluding hydrogens is 412 g/mol. The number of amides is 1. The number of nitrogens with one attached hydrogen (secondary N) is 1. The third-order valence-corrected chi connectivity index (χ3v) is 6.02. The van der Waals surface area contributed by atoms with Gasteiger partial charge in [-0.2, -0.15) is 13.9 Å². The van der Waals surface area contributed by atoms with Crippen LogP contribution in [0.3, 0.4) is 0 Å². The maximum absolute atomic E-state index is 12.9. The van der Waals surface area contributed by atoms with Crippen molar-refractivity contribution in [3.63, 3.8) is 0 Å². The lowest BCUT2D eigenvalue weighted by molar-refractivity contribution is 0.0538. The van der Waals surface area contributed by atoms with Crippen LogP contribution in [-0.2, 0) is 0 Å². The number of carbonyl (C=O) groups excluding carboxylic acids is 1. The van der Waals surface area contributed by atoms with Crippen molar-refractivity contribution < 1.29 is 13.6 Å². The Kier molecular flexibility index (Phi) is 5.46. The van der Waals surface area contributed by atoms with Gasteiger partial charge in [-0.05, 0) is 39.3 Å². The van der Waals surface area contributed by atoms with Crippen LogP contribution in [0, 0.1) is 20.8 Å². The van der Waals surface area contributed by atoms with E-state index in [4.69, 9.17) is 0 Å². The zero-order valence-electron chi connectivity index (χ0n) is 16.8. The molecule has 30 heavy (non-hydrogen) atoms. The first-order valence-corrected chi connectivity index (χ1v) is 10.3. The van der Waals surface area contributed by atoms with Gasteiger partial charge in [0.2, 0.25) is 5.95 Å². The number of aromatic nitrogens is 5. The summed E-state index contributed by atoms with van der Waals surface area (Å²) < 4.78 is 26.3. The molecule has 1 atom stereocenters. The Morgan fingerprint density at radius 3 is 2.77 bits per heavy atom. The highest BCUT2D eigenvalue weighted by molar-refractivity contribution is 7.15. The molecule has 1 aliphatic rings. The monoisotopic (exact) mass is 433 g/mol. The topological polar surface area (TPSA) is 88.8 Å². The molecule has 3 aromatic rings. The van der Waals surface area contributed by atoms with Gasteiger partial charge in [0, 0.05) is 31.0 Å². The van der Waals surface area contributed by atoms with Crippen LogP contribution in [0.1, 0.15) is 39.9 Å². The van der Waals surface area contributed by atoms with Gasteiger partial charge in [0.15, 0.2) is 5.69 Å². The van der Waals surface area contributed by atoms with Crippen LogP contribution >= 0.6 is 11.3 Å². The summed E-state index contributed by atoms with van der Waals surface area (Å²) in [6.45, 7) is 3.85. The van der Waals surface area contributed by atoms with E-state index in [1.54, 1.807) is 17.5 Å². The van der Waals surface area contributed by atoms with Crippen LogP contribution in [-0.4, -0.2) is 49.8 Å². The van der Waals surface area contributed by atoms with E-state index in [1.165, 1.54) is 13.0 Å². The highest BCUT2D eigenvalue weighted by Crippen LogP contribution is 2.29. The maximum Gasteiger partial charge on any atom is 0.333 e. The molecule has 1 aliphatic heterocycles. The van der Waals surface area contributed by atoms with Gasteiger partial charge in [0.1, 0.15) is 0 Å². The predicted octanol–water partition coefficient (Wildman–Crippen LogP) is 3.13. The third kappa shape index (κ3) is 4.02. The Balaban J connectivity index is 1.43. The van der Waals surface area contributed by atoms with E-state index >= 15 is 0 Å². The lowest BCUT2D eigenvalue weighted by atomic mass is 10.2. The van der Waals surface area contributed by atoms with E-state index in [2.05, 4.69) is 25.4 Å². The van der Waals surface area contributed by atoms with Crippen molar-refractivity contribution in [2.75, 3.05) is 18.0 Å². The lowest BCUT2D eigenvalue weighted by Gasteiger charge is -2.17. The molecule has 1 N–H and O–H groups in total. The SMILES string of the molecule is Cc1nc(C)c(-c2ccnc(N3CCC(NC(=O)c4cc(C)n(C(F)F)n4)C3)n2)s1. The summed E-state index contributed by atoms with van der Waals surface area (Å²) >= 11 is 1.59. The summed E-state index contributed by atoms with van der Waals surface area (Å²) in [6, 6.07) is 3.08. The minimum Gasteiger partial charge on any atom is -0.346 e. The number of carbonyl (C=O) groups is 1. The summed E-state index contributed by atoms with van der Waals surface area (Å²) in [7, 11) is 0. The number of nitrogens with zero attached hydrogens (tertiary/aromatic N) is 6. The molecule has 4 heterocycles. The van der Waals surface area contributed by atoms with Gasteiger partial charge in [0.25, 0.3) is 5.91 Å². The molecule has 0 spiro atoms. The van der Waals surface area contributed by atoms with Gasteiger partial charge in [-0.3, -0.25) is 4.79 Å². The van der Waals surface area contributed by atoms with Crippen molar-refractivity contribution in [2.45, 2.75) is 39.8 Å². The highest BCUT2D eigenvalue weighted by Gasteiger charge is 2.27. The first-order chi connectivity index (χ1) is 14.3. The first kappa shape index (κ1) is 20.3. The van der Waals surface area contributed by atoms with Crippen LogP contribution in [0.4, 0.5) is 14.7 Å². The van der Waals surface area contributed by atoms with Crippen LogP contribution in [0.2, 0.25) is 0 Å². The fourth-order valence-corrected chi connectivity index (χ4v) is 4.40. The molecule has 11 heteroatoms. The lowest BCUT2D eigenvalue weighted by Crippen LogP contribution is -2.37. The normalized spacial score (nSPS) is 16.5. The van der Waals surface area contributed by atoms with Crippen LogP contribution in [0.15, 0.2) is 18.3 Å². The number of alkyl halides is 2. The molecule has 8 nitrogen and oxygen atoms in total. The molecule has 0 saturated carbocycles. The fourth-order valence-electron chi connectivity index (χ4n) is 3.51. The number of anilines is 1. The molecule has 3 aromatic heterocycles. The molecule has 0 aliphatic carbocycles. The van der Waals surface area contributed by atoms with E-state index in [0.29, 0.717) is 30.1 Å². The van der Waals surface area contributed by atoms with Crippen LogP contribution in [0.5, 0.6) is 0 Å². The van der Waals surface area contributed by atoms with Crippen molar-refractivity contribution in [3.8, 4) is 10.6 Å². The van der Waals surface area contributed by atoms with Crippen LogP contribution in [0.25, 0.3) is 10.6 Å². The highest BCUT2D eigenvalue weighted by atomic mass is 32.1. The molecule has 1 unspecified atom stereocenters. The summed E-state index contributed by atoms with van der Waals surface area (Å²) in [4.78, 5) is 28.9. The zero-order chi connectivity index (χ0) is 21.4. The second kappa shape index (κ2) is 8.05. The van der Waals surface area contributed by atoms with Crippen molar-refractivity contribution >= 4 is 23.2 Å². The molecule has 1 amide bonds. The maximum atomic E-state index is 12.9. The van der Waals surface area contributed by atoms with Crippen molar-refractivity contribution in [3.05, 3.63) is 40.4 Å². The van der Waals surface area contributed by atoms with E-state index in [1.807, 2.05) is 24.8 Å². The molecule has 1 fully saturated rings. The number of rotatable bonds is 5. The fraction of sp³-hybridized carbons (Fsp3) is 0.421. The van der Waals surface area contributed by atoms with Gasteiger partial charge in [0.05, 0.1) is 21.3 Å². The first-order valence-electron chi connectivity index (χ1n) is 9.49. The van der Waals surface area contributed by atoms with E-state index < -0.39 is 12.5 Å². The third-order valence-electron chi connectivity index (χ3n) is 4.93. The van der Waals surface area contributed by atoms with Crippen molar-refractivity contribution in [2.24, 2.45) is 0 Å².